The van der Waals surface area contributed by atoms with Crippen molar-refractivity contribution < 1.29 is 4.79 Å². The Kier molecular flexibility index (Phi) is 1.03. The summed E-state index contributed by atoms with van der Waals surface area (Å²) in [5, 5.41) is 18.9. The van der Waals surface area contributed by atoms with Gasteiger partial charge in [0.15, 0.2) is 0 Å². The van der Waals surface area contributed by atoms with Gasteiger partial charge in [0.1, 0.15) is 0 Å². The Labute approximate surface area is 49.0 Å². The summed E-state index contributed by atoms with van der Waals surface area (Å²) in [5.74, 6) is -1.23. The molecule has 9 heavy (non-hydrogen) atoms. The molecule has 1 aromatic heterocycles. The Bertz CT molecular complexity index is 229. The fourth-order valence-corrected chi connectivity index (χ4v) is 0.300. The molecule has 0 aromatic carbocycles. The molecule has 0 saturated carbocycles. The van der Waals surface area contributed by atoms with Gasteiger partial charge in [0.25, 0.3) is 11.7 Å². The molecule has 0 unspecified atom stereocenters. The van der Waals surface area contributed by atoms with Crippen molar-refractivity contribution in [3.05, 3.63) is 11.0 Å². The van der Waals surface area contributed by atoms with Gasteiger partial charge >= 0.3 is 0 Å². The molecule has 1 aromatic rings. The van der Waals surface area contributed by atoms with E-state index in [1.807, 2.05) is 0 Å². The SMILES string of the molecule is NC(=O)c1nnn([O-])n1. The van der Waals surface area contributed by atoms with E-state index in [-0.39, 0.29) is 10.8 Å². The zero-order chi connectivity index (χ0) is 6.85. The van der Waals surface area contributed by atoms with E-state index in [1.54, 1.807) is 0 Å². The first-order valence-electron chi connectivity index (χ1n) is 1.97. The summed E-state index contributed by atoms with van der Waals surface area (Å²) in [7, 11) is 0. The quantitative estimate of drug-likeness (QED) is 0.475. The summed E-state index contributed by atoms with van der Waals surface area (Å²) in [6.07, 6.45) is 0. The van der Waals surface area contributed by atoms with E-state index < -0.39 is 5.91 Å². The number of rotatable bonds is 1. The van der Waals surface area contributed by atoms with E-state index >= 15 is 0 Å². The molecule has 0 aliphatic rings. The van der Waals surface area contributed by atoms with Crippen LogP contribution in [0.4, 0.5) is 0 Å². The lowest BCUT2D eigenvalue weighted by molar-refractivity contribution is 0.0990. The fourth-order valence-electron chi connectivity index (χ4n) is 0.300. The van der Waals surface area contributed by atoms with Crippen molar-refractivity contribution in [3.8, 4) is 0 Å². The van der Waals surface area contributed by atoms with Crippen LogP contribution in [0.15, 0.2) is 0 Å². The van der Waals surface area contributed by atoms with Crippen molar-refractivity contribution in [3.63, 3.8) is 0 Å². The van der Waals surface area contributed by atoms with Crippen LogP contribution in [0.2, 0.25) is 0 Å². The second kappa shape index (κ2) is 1.69. The van der Waals surface area contributed by atoms with E-state index in [9.17, 15) is 10.0 Å². The van der Waals surface area contributed by atoms with Crippen molar-refractivity contribution in [2.24, 2.45) is 5.73 Å². The third kappa shape index (κ3) is 0.929. The van der Waals surface area contributed by atoms with E-state index in [1.165, 1.54) is 0 Å². The number of hydrogen-bond donors (Lipinski definition) is 1. The van der Waals surface area contributed by atoms with Crippen molar-refractivity contribution >= 4 is 5.91 Å². The third-order valence-corrected chi connectivity index (χ3v) is 0.617. The van der Waals surface area contributed by atoms with Crippen LogP contribution < -0.4 is 5.73 Å². The Hall–Kier alpha value is -1.66. The van der Waals surface area contributed by atoms with Crippen molar-refractivity contribution in [2.45, 2.75) is 0 Å². The number of carbonyl (C=O) groups excluding carboxylic acids is 1. The highest BCUT2D eigenvalue weighted by Gasteiger charge is 2.03. The minimum Gasteiger partial charge on any atom is -0.773 e. The van der Waals surface area contributed by atoms with Gasteiger partial charge in [0, 0.05) is 0 Å². The van der Waals surface area contributed by atoms with Crippen molar-refractivity contribution in [2.75, 3.05) is 0 Å². The van der Waals surface area contributed by atoms with E-state index in [2.05, 4.69) is 21.1 Å². The highest BCUT2D eigenvalue weighted by Crippen LogP contribution is 1.79. The molecule has 0 saturated heterocycles. The number of nitrogens with zero attached hydrogens (tertiary/aromatic N) is 4. The highest BCUT2D eigenvalue weighted by molar-refractivity contribution is 5.88. The number of nitrogens with two attached hydrogens (primary N) is 1. The maximum atomic E-state index is 10.1. The topological polar surface area (TPSA) is 110 Å². The van der Waals surface area contributed by atoms with E-state index in [0.717, 1.165) is 0 Å². The molecule has 0 radical (unpaired) electrons. The van der Waals surface area contributed by atoms with E-state index in [4.69, 9.17) is 0 Å². The minimum absolute atomic E-state index is 0.0832. The second-order valence-electron chi connectivity index (χ2n) is 1.23. The normalized spacial score (nSPS) is 9.33. The Morgan fingerprint density at radius 2 is 2.44 bits per heavy atom. The van der Waals surface area contributed by atoms with Gasteiger partial charge in [-0.05, 0) is 0 Å². The molecule has 0 aliphatic heterocycles. The smallest absolute Gasteiger partial charge is 0.290 e. The molecule has 1 amide bonds. The van der Waals surface area contributed by atoms with Gasteiger partial charge in [-0.3, -0.25) is 4.79 Å². The lowest BCUT2D eigenvalue weighted by Crippen LogP contribution is -2.13. The molecule has 7 nitrogen and oxygen atoms in total. The molecule has 0 aliphatic carbocycles. The molecular formula is C2H2N5O2-. The average molecular weight is 128 g/mol. The molecule has 7 heteroatoms. The largest absolute Gasteiger partial charge is 0.773 e. The first kappa shape index (κ1) is 5.48. The summed E-state index contributed by atoms with van der Waals surface area (Å²) >= 11 is 0. The van der Waals surface area contributed by atoms with Crippen LogP contribution in [0.1, 0.15) is 10.6 Å². The predicted molar refractivity (Wildman–Crippen MR) is 25.1 cm³/mol. The van der Waals surface area contributed by atoms with Crippen molar-refractivity contribution in [1.29, 1.82) is 0 Å². The zero-order valence-corrected chi connectivity index (χ0v) is 4.18. The minimum atomic E-state index is -0.864. The Balaban J connectivity index is 2.98. The van der Waals surface area contributed by atoms with E-state index in [0.29, 0.717) is 0 Å². The number of aromatic nitrogens is 4. The molecular weight excluding hydrogens is 126 g/mol. The lowest BCUT2D eigenvalue weighted by atomic mass is 10.6. The summed E-state index contributed by atoms with van der Waals surface area (Å²) in [6, 6.07) is 0. The lowest BCUT2D eigenvalue weighted by Gasteiger charge is -1.92. The predicted octanol–water partition coefficient (Wildman–Crippen LogP) is -1.88. The maximum Gasteiger partial charge on any atom is 0.290 e. The van der Waals surface area contributed by atoms with Gasteiger partial charge in [-0.25, -0.2) is 0 Å². The third-order valence-electron chi connectivity index (χ3n) is 0.617. The van der Waals surface area contributed by atoms with Gasteiger partial charge in [-0.15, -0.1) is 10.2 Å². The molecule has 1 heterocycles. The van der Waals surface area contributed by atoms with Crippen LogP contribution in [0.25, 0.3) is 0 Å². The van der Waals surface area contributed by atoms with Crippen LogP contribution in [-0.4, -0.2) is 26.3 Å². The molecule has 0 fully saturated rings. The summed E-state index contributed by atoms with van der Waals surface area (Å²) in [5.41, 5.74) is 4.67. The summed E-state index contributed by atoms with van der Waals surface area (Å²) in [4.78, 5) is 10.0. The van der Waals surface area contributed by atoms with Crippen LogP contribution in [0, 0.1) is 5.21 Å². The van der Waals surface area contributed by atoms with Crippen LogP contribution in [-0.2, 0) is 0 Å². The number of hydrogen-bond acceptors (Lipinski definition) is 5. The van der Waals surface area contributed by atoms with Gasteiger partial charge in [-0.1, -0.05) is 5.21 Å². The van der Waals surface area contributed by atoms with Gasteiger partial charge in [-0.2, -0.15) is 4.96 Å². The monoisotopic (exact) mass is 128 g/mol. The van der Waals surface area contributed by atoms with Gasteiger partial charge < -0.3 is 10.9 Å². The van der Waals surface area contributed by atoms with Gasteiger partial charge in [0.2, 0.25) is 0 Å². The standard InChI is InChI=1S/C2H2N5O2/c3-1(8)2-4-6-7(9)5-2/h(H2,3,8)/q-1. The number of carbonyl (C=O) groups is 1. The Morgan fingerprint density at radius 3 is 2.67 bits per heavy atom. The highest BCUT2D eigenvalue weighted by atomic mass is 16.5. The summed E-state index contributed by atoms with van der Waals surface area (Å²) in [6.45, 7) is 0. The first-order valence-corrected chi connectivity index (χ1v) is 1.97. The van der Waals surface area contributed by atoms with Crippen LogP contribution in [0.5, 0.6) is 0 Å². The maximum absolute atomic E-state index is 10.1. The molecule has 0 spiro atoms. The zero-order valence-electron chi connectivity index (χ0n) is 4.18. The molecule has 0 bridgehead atoms. The number of amides is 1. The first-order chi connectivity index (χ1) is 4.20. The summed E-state index contributed by atoms with van der Waals surface area (Å²) < 4.78 is 0. The Morgan fingerprint density at radius 1 is 1.78 bits per heavy atom. The number of primary amides is 1. The van der Waals surface area contributed by atoms with Gasteiger partial charge in [0.05, 0.1) is 0 Å². The van der Waals surface area contributed by atoms with Crippen LogP contribution in [0.3, 0.4) is 0 Å². The number of tetrazole rings is 1. The molecule has 1 rings (SSSR count). The average Bonchev–Trinajstić information content (AvgIpc) is 2.14. The van der Waals surface area contributed by atoms with Crippen molar-refractivity contribution in [1.82, 2.24) is 20.4 Å². The second-order valence-corrected chi connectivity index (χ2v) is 1.23. The molecule has 2 N–H and O–H groups in total. The molecule has 0 atom stereocenters. The fraction of sp³-hybridized carbons (Fsp3) is 0. The van der Waals surface area contributed by atoms with Crippen LogP contribution >= 0.6 is 0 Å². The molecule has 48 valence electrons.